The average Bonchev–Trinajstić information content (AvgIpc) is 1.10. The molecule has 0 spiro atoms. The van der Waals surface area contributed by atoms with Gasteiger partial charge in [-0.1, -0.05) is 55.4 Å². The van der Waals surface area contributed by atoms with Crippen molar-refractivity contribution in [3.05, 3.63) is 0 Å². The lowest BCUT2D eigenvalue weighted by Gasteiger charge is -2.40. The largest absolute Gasteiger partial charge is 0.301 e. The highest BCUT2D eigenvalue weighted by Crippen LogP contribution is 2.32. The van der Waals surface area contributed by atoms with Crippen LogP contribution in [0.4, 0.5) is 13.2 Å². The third kappa shape index (κ3) is 42.0. The minimum absolute atomic E-state index is 0.491. The van der Waals surface area contributed by atoms with Crippen molar-refractivity contribution in [2.45, 2.75) is 381 Å². The third-order valence-electron chi connectivity index (χ3n) is 22.5. The van der Waals surface area contributed by atoms with E-state index < -0.39 is 17.5 Å². The molecule has 94 heavy (non-hydrogen) atoms. The highest BCUT2D eigenvalue weighted by molar-refractivity contribution is 4.87. The zero-order valence-corrected chi connectivity index (χ0v) is 68.7. The van der Waals surface area contributed by atoms with Crippen molar-refractivity contribution in [1.82, 2.24) is 44.1 Å². The molecule has 9 saturated heterocycles. The van der Waals surface area contributed by atoms with E-state index in [9.17, 15) is 13.2 Å². The minimum atomic E-state index is -0.942. The van der Waals surface area contributed by atoms with E-state index in [0.29, 0.717) is 48.3 Å². The smallest absolute Gasteiger partial charge is 0.120 e. The highest BCUT2D eigenvalue weighted by atomic mass is 19.1. The van der Waals surface area contributed by atoms with Gasteiger partial charge < -0.3 is 39.2 Å². The van der Waals surface area contributed by atoms with Crippen LogP contribution in [0, 0.1) is 34.5 Å². The Balaban J connectivity index is 0.000000529. The van der Waals surface area contributed by atoms with Gasteiger partial charge in [-0.25, -0.2) is 13.2 Å². The average molecular weight is 1340 g/mol. The third-order valence-corrected chi connectivity index (χ3v) is 22.5. The van der Waals surface area contributed by atoms with Crippen LogP contribution in [0.2, 0.25) is 0 Å². The van der Waals surface area contributed by atoms with Gasteiger partial charge >= 0.3 is 0 Å². The van der Waals surface area contributed by atoms with Crippen LogP contribution >= 0.6 is 0 Å². The molecule has 9 nitrogen and oxygen atoms in total. The lowest BCUT2D eigenvalue weighted by atomic mass is 9.82. The maximum Gasteiger partial charge on any atom is 0.120 e. The number of alkyl halides is 3. The Morgan fingerprint density at radius 2 is 0.532 bits per heavy atom. The Morgan fingerprint density at radius 1 is 0.255 bits per heavy atom. The Labute approximate surface area is 588 Å². The number of rotatable bonds is 9. The van der Waals surface area contributed by atoms with Gasteiger partial charge in [-0.15, -0.1) is 0 Å². The predicted molar refractivity (Wildman–Crippen MR) is 412 cm³/mol. The fourth-order valence-corrected chi connectivity index (χ4v) is 14.7. The molecule has 9 aliphatic rings. The van der Waals surface area contributed by atoms with Crippen molar-refractivity contribution in [2.24, 2.45) is 34.5 Å². The maximum atomic E-state index is 13.4. The summed E-state index contributed by atoms with van der Waals surface area (Å²) in [7, 11) is 0. The first-order chi connectivity index (χ1) is 43.5. The second kappa shape index (κ2) is 46.8. The zero-order valence-electron chi connectivity index (χ0n) is 68.7. The van der Waals surface area contributed by atoms with E-state index in [0.717, 1.165) is 118 Å². The molecule has 0 aliphatic carbocycles. The van der Waals surface area contributed by atoms with Crippen LogP contribution in [0.3, 0.4) is 0 Å². The first-order valence-corrected chi connectivity index (χ1v) is 40.2. The van der Waals surface area contributed by atoms with Crippen molar-refractivity contribution in [2.75, 3.05) is 118 Å². The molecule has 9 rings (SSSR count). The molecule has 4 atom stereocenters. The number of piperidine rings is 9. The fraction of sp³-hybridized carbons (Fsp3) is 1.00. The molecular weight excluding hydrogens is 1170 g/mol. The normalized spacial score (nSPS) is 27.6. The molecule has 0 amide bonds. The molecule has 564 valence electrons. The first kappa shape index (κ1) is 91.4. The van der Waals surface area contributed by atoms with Gasteiger partial charge in [0.15, 0.2) is 0 Å². The van der Waals surface area contributed by atoms with Crippen LogP contribution in [0.5, 0.6) is 0 Å². The summed E-state index contributed by atoms with van der Waals surface area (Å²) >= 11 is 0. The highest BCUT2D eigenvalue weighted by Gasteiger charge is 2.33. The standard InChI is InChI=1S/2C10H21N.2C9H18FN.4C9H19N.C8H16FN/c1-9(2)11-7-5-10(3,4)6-8-11;1-9(2)11-7-5-6-10(3,4)8-11;1-8(2)11-6-4-9(3,10)5-7-11;1-8(2)11-6-4-5-9(3,10)7-11;1-8(2)10-6-4-9(3)5-7-10;3*1-8(2)10-6-4-5-9(3)7-10;1-7(2)10-5-3-8(9)4-6-10/h2*9H,5-8H2,1-4H3;2*8H,4-7H2,1-3H3;4*8-9H,4-7H2,1-3H3;7-8H,3-6H2,1-2H3/t;;;;;3*9-;/m.....100./s1. The molecule has 1 unspecified atom stereocenters. The van der Waals surface area contributed by atoms with Crippen molar-refractivity contribution in [3.8, 4) is 0 Å². The summed E-state index contributed by atoms with van der Waals surface area (Å²) in [5.74, 6) is 3.75. The summed E-state index contributed by atoms with van der Waals surface area (Å²) in [6.45, 7) is 83.9. The topological polar surface area (TPSA) is 29.2 Å². The van der Waals surface area contributed by atoms with Gasteiger partial charge in [-0.05, 0) is 347 Å². The van der Waals surface area contributed by atoms with Crippen LogP contribution in [-0.2, 0) is 0 Å². The van der Waals surface area contributed by atoms with E-state index in [2.05, 4.69) is 224 Å². The molecule has 0 N–H and O–H groups in total. The molecule has 9 aliphatic heterocycles. The second-order valence-corrected chi connectivity index (χ2v) is 36.4. The lowest BCUT2D eigenvalue weighted by molar-refractivity contribution is 0.0435. The predicted octanol–water partition coefficient (Wildman–Crippen LogP) is 19.8. The SMILES string of the molecule is CC(C)N1CCC(C)(C)CC1.CC(C)N1CCC(C)(F)CC1.CC(C)N1CCC(F)CC1.CC(C)N1CCCC(C)(C)C1.CC(C)N1CCCC(C)(F)C1.CC(C)N1CCC[C@@H](C)C1.CC(C)N1CCC[C@H](C)C1.CC(C)N1CCC[C@H](C)C1.CC1CCN(C(C)C)CC1. The lowest BCUT2D eigenvalue weighted by Crippen LogP contribution is -2.46. The van der Waals surface area contributed by atoms with E-state index in [1.54, 1.807) is 13.8 Å². The fourth-order valence-electron chi connectivity index (χ4n) is 14.7. The van der Waals surface area contributed by atoms with Crippen molar-refractivity contribution >= 4 is 0 Å². The van der Waals surface area contributed by atoms with Gasteiger partial charge in [0.25, 0.3) is 0 Å². The number of nitrogens with zero attached hydrogens (tertiary/aromatic N) is 9. The van der Waals surface area contributed by atoms with Crippen molar-refractivity contribution < 1.29 is 13.2 Å². The monoisotopic (exact) mass is 1340 g/mol. The Morgan fingerprint density at radius 3 is 0.798 bits per heavy atom. The van der Waals surface area contributed by atoms with Crippen molar-refractivity contribution in [3.63, 3.8) is 0 Å². The zero-order chi connectivity index (χ0) is 71.7. The van der Waals surface area contributed by atoms with Gasteiger partial charge in [-0.2, -0.15) is 0 Å². The van der Waals surface area contributed by atoms with Gasteiger partial charge in [0.2, 0.25) is 0 Å². The number of halogens is 3. The molecular formula is C82H170F3N9. The van der Waals surface area contributed by atoms with Crippen LogP contribution in [0.25, 0.3) is 0 Å². The van der Waals surface area contributed by atoms with Crippen LogP contribution < -0.4 is 0 Å². The van der Waals surface area contributed by atoms with E-state index in [1.807, 2.05) is 0 Å². The molecule has 0 aromatic heterocycles. The molecule has 9 heterocycles. The number of likely N-dealkylation sites (tertiary alicyclic amines) is 9. The summed E-state index contributed by atoms with van der Waals surface area (Å²) in [6.07, 6.45) is 20.9. The quantitative estimate of drug-likeness (QED) is 0.224. The van der Waals surface area contributed by atoms with Gasteiger partial charge in [0.1, 0.15) is 17.5 Å². The number of hydrogen-bond donors (Lipinski definition) is 0. The molecule has 9 fully saturated rings. The molecule has 0 radical (unpaired) electrons. The summed E-state index contributed by atoms with van der Waals surface area (Å²) in [5, 5.41) is 0. The summed E-state index contributed by atoms with van der Waals surface area (Å²) in [6, 6.07) is 6.14. The van der Waals surface area contributed by atoms with E-state index >= 15 is 0 Å². The minimum Gasteiger partial charge on any atom is -0.301 e. The van der Waals surface area contributed by atoms with E-state index in [-0.39, 0.29) is 0 Å². The van der Waals surface area contributed by atoms with Crippen LogP contribution in [0.15, 0.2) is 0 Å². The summed E-state index contributed by atoms with van der Waals surface area (Å²) in [5.41, 5.74) is -0.679. The molecule has 0 saturated carbocycles. The second-order valence-electron chi connectivity index (χ2n) is 36.4. The van der Waals surface area contributed by atoms with Gasteiger partial charge in [0, 0.05) is 113 Å². The van der Waals surface area contributed by atoms with Gasteiger partial charge in [0.05, 0.1) is 0 Å². The molecule has 12 heteroatoms. The molecule has 0 aromatic carbocycles. The maximum absolute atomic E-state index is 13.4. The molecule has 0 bridgehead atoms. The first-order valence-electron chi connectivity index (χ1n) is 40.2. The van der Waals surface area contributed by atoms with E-state index in [1.165, 1.54) is 156 Å². The number of hydrogen-bond acceptors (Lipinski definition) is 9. The summed E-state index contributed by atoms with van der Waals surface area (Å²) in [4.78, 5) is 22.3. The Bertz CT molecular complexity index is 1650. The summed E-state index contributed by atoms with van der Waals surface area (Å²) < 4.78 is 39.3. The molecule has 0 aromatic rings. The van der Waals surface area contributed by atoms with Crippen molar-refractivity contribution in [1.29, 1.82) is 0 Å². The van der Waals surface area contributed by atoms with Gasteiger partial charge in [-0.3, -0.25) is 4.90 Å². The van der Waals surface area contributed by atoms with Crippen LogP contribution in [0.1, 0.15) is 309 Å². The van der Waals surface area contributed by atoms with E-state index in [4.69, 9.17) is 0 Å². The van der Waals surface area contributed by atoms with Crippen LogP contribution in [-0.4, -0.2) is 234 Å². The Kier molecular flexibility index (Phi) is 45.6. The Hall–Kier alpha value is -0.570.